The lowest BCUT2D eigenvalue weighted by Crippen LogP contribution is -2.02. The molecule has 0 amide bonds. The van der Waals surface area contributed by atoms with Crippen LogP contribution in [0.5, 0.6) is 0 Å². The zero-order valence-electron chi connectivity index (χ0n) is 7.19. The Kier molecular flexibility index (Phi) is 3.34. The van der Waals surface area contributed by atoms with Crippen LogP contribution in [0.15, 0.2) is 34.9 Å². The molecule has 0 saturated carbocycles. The molecule has 2 N–H and O–H groups in total. The fraction of sp³-hybridized carbons (Fsp3) is 0.200. The van der Waals surface area contributed by atoms with Crippen LogP contribution < -0.4 is 5.73 Å². The fourth-order valence-corrected chi connectivity index (χ4v) is 1.34. The van der Waals surface area contributed by atoms with Crippen LogP contribution in [-0.4, -0.2) is 6.54 Å². The van der Waals surface area contributed by atoms with E-state index in [-0.39, 0.29) is 12.4 Å². The molecule has 0 aliphatic heterocycles. The molecule has 3 heteroatoms. The summed E-state index contributed by atoms with van der Waals surface area (Å²) < 4.78 is 5.22. The van der Waals surface area contributed by atoms with Crippen molar-refractivity contribution in [3.05, 3.63) is 36.1 Å². The Labute approximate surface area is 83.1 Å². The SMILES string of the molecule is Cl.NCCc1ccc2occc2c1. The van der Waals surface area contributed by atoms with E-state index in [1.54, 1.807) is 6.26 Å². The maximum Gasteiger partial charge on any atom is 0.133 e. The molecule has 1 aromatic carbocycles. The van der Waals surface area contributed by atoms with Gasteiger partial charge >= 0.3 is 0 Å². The summed E-state index contributed by atoms with van der Waals surface area (Å²) in [6, 6.07) is 8.13. The summed E-state index contributed by atoms with van der Waals surface area (Å²) in [5.41, 5.74) is 7.67. The topological polar surface area (TPSA) is 39.2 Å². The second-order valence-corrected chi connectivity index (χ2v) is 2.83. The highest BCUT2D eigenvalue weighted by molar-refractivity contribution is 5.85. The molecule has 2 nitrogen and oxygen atoms in total. The van der Waals surface area contributed by atoms with Crippen LogP contribution in [0.1, 0.15) is 5.56 Å². The minimum Gasteiger partial charge on any atom is -0.464 e. The van der Waals surface area contributed by atoms with Crippen molar-refractivity contribution in [2.24, 2.45) is 5.73 Å². The van der Waals surface area contributed by atoms with Crippen LogP contribution in [0.25, 0.3) is 11.0 Å². The van der Waals surface area contributed by atoms with E-state index in [2.05, 4.69) is 12.1 Å². The largest absolute Gasteiger partial charge is 0.464 e. The van der Waals surface area contributed by atoms with Gasteiger partial charge in [-0.1, -0.05) is 6.07 Å². The number of hydrogen-bond acceptors (Lipinski definition) is 2. The minimum absolute atomic E-state index is 0. The molecule has 13 heavy (non-hydrogen) atoms. The van der Waals surface area contributed by atoms with Crippen molar-refractivity contribution in [3.63, 3.8) is 0 Å². The Balaban J connectivity index is 0.000000845. The first-order valence-corrected chi connectivity index (χ1v) is 4.06. The number of benzene rings is 1. The maximum absolute atomic E-state index is 5.46. The zero-order valence-corrected chi connectivity index (χ0v) is 8.01. The number of rotatable bonds is 2. The van der Waals surface area contributed by atoms with Crippen molar-refractivity contribution in [2.45, 2.75) is 6.42 Å². The van der Waals surface area contributed by atoms with Gasteiger partial charge in [0.1, 0.15) is 5.58 Å². The number of furan rings is 1. The lowest BCUT2D eigenvalue weighted by Gasteiger charge is -1.96. The minimum atomic E-state index is 0. The highest BCUT2D eigenvalue weighted by Gasteiger charge is 1.97. The zero-order chi connectivity index (χ0) is 8.39. The summed E-state index contributed by atoms with van der Waals surface area (Å²) >= 11 is 0. The third kappa shape index (κ3) is 2.02. The Bertz CT molecular complexity index is 383. The predicted molar refractivity (Wildman–Crippen MR) is 56.2 cm³/mol. The van der Waals surface area contributed by atoms with Gasteiger partial charge < -0.3 is 10.2 Å². The van der Waals surface area contributed by atoms with Gasteiger partial charge in [0.2, 0.25) is 0 Å². The van der Waals surface area contributed by atoms with Crippen molar-refractivity contribution >= 4 is 23.4 Å². The van der Waals surface area contributed by atoms with Gasteiger partial charge in [0.25, 0.3) is 0 Å². The molecule has 0 spiro atoms. The van der Waals surface area contributed by atoms with Gasteiger partial charge in [0, 0.05) is 5.39 Å². The lowest BCUT2D eigenvalue weighted by atomic mass is 10.1. The van der Waals surface area contributed by atoms with Crippen LogP contribution in [-0.2, 0) is 6.42 Å². The molecule has 2 rings (SSSR count). The molecule has 1 heterocycles. The molecule has 70 valence electrons. The third-order valence-electron chi connectivity index (χ3n) is 1.95. The summed E-state index contributed by atoms with van der Waals surface area (Å²) in [4.78, 5) is 0. The van der Waals surface area contributed by atoms with Crippen molar-refractivity contribution < 1.29 is 4.42 Å². The van der Waals surface area contributed by atoms with E-state index in [0.29, 0.717) is 6.54 Å². The highest BCUT2D eigenvalue weighted by Crippen LogP contribution is 2.16. The molecular weight excluding hydrogens is 186 g/mol. The second kappa shape index (κ2) is 4.30. The standard InChI is InChI=1S/C10H11NO.ClH/c11-5-3-8-1-2-10-9(7-8)4-6-12-10;/h1-2,4,6-7H,3,5,11H2;1H. The molecule has 0 aliphatic carbocycles. The number of fused-ring (bicyclic) bond motifs is 1. The Morgan fingerprint density at radius 2 is 2.08 bits per heavy atom. The lowest BCUT2D eigenvalue weighted by molar-refractivity contribution is 0.616. The first-order valence-electron chi connectivity index (χ1n) is 4.06. The Morgan fingerprint density at radius 3 is 2.85 bits per heavy atom. The number of nitrogens with two attached hydrogens (primary N) is 1. The molecule has 0 unspecified atom stereocenters. The normalized spacial score (nSPS) is 9.92. The van der Waals surface area contributed by atoms with Crippen LogP contribution in [0.3, 0.4) is 0 Å². The molecule has 0 aliphatic rings. The van der Waals surface area contributed by atoms with Gasteiger partial charge in [-0.3, -0.25) is 0 Å². The van der Waals surface area contributed by atoms with Crippen LogP contribution in [0.4, 0.5) is 0 Å². The van der Waals surface area contributed by atoms with Gasteiger partial charge in [-0.15, -0.1) is 12.4 Å². The van der Waals surface area contributed by atoms with Crippen molar-refractivity contribution in [1.29, 1.82) is 0 Å². The van der Waals surface area contributed by atoms with Crippen molar-refractivity contribution in [1.82, 2.24) is 0 Å². The van der Waals surface area contributed by atoms with Gasteiger partial charge in [-0.25, -0.2) is 0 Å². The van der Waals surface area contributed by atoms with Crippen molar-refractivity contribution in [3.8, 4) is 0 Å². The van der Waals surface area contributed by atoms with E-state index in [9.17, 15) is 0 Å². The summed E-state index contributed by atoms with van der Waals surface area (Å²) in [7, 11) is 0. The van der Waals surface area contributed by atoms with Gasteiger partial charge in [-0.2, -0.15) is 0 Å². The maximum atomic E-state index is 5.46. The Morgan fingerprint density at radius 1 is 1.23 bits per heavy atom. The van der Waals surface area contributed by atoms with E-state index in [1.165, 1.54) is 5.56 Å². The van der Waals surface area contributed by atoms with E-state index >= 15 is 0 Å². The first kappa shape index (κ1) is 10.1. The highest BCUT2D eigenvalue weighted by atomic mass is 35.5. The summed E-state index contributed by atoms with van der Waals surface area (Å²) in [6.07, 6.45) is 2.64. The van der Waals surface area contributed by atoms with Crippen LogP contribution in [0, 0.1) is 0 Å². The number of hydrogen-bond donors (Lipinski definition) is 1. The molecule has 1 aromatic heterocycles. The quantitative estimate of drug-likeness (QED) is 0.803. The van der Waals surface area contributed by atoms with Crippen LogP contribution >= 0.6 is 12.4 Å². The third-order valence-corrected chi connectivity index (χ3v) is 1.95. The molecule has 0 fully saturated rings. The fourth-order valence-electron chi connectivity index (χ4n) is 1.34. The summed E-state index contributed by atoms with van der Waals surface area (Å²) in [6.45, 7) is 0.698. The smallest absolute Gasteiger partial charge is 0.133 e. The average molecular weight is 198 g/mol. The van der Waals surface area contributed by atoms with Gasteiger partial charge in [0.15, 0.2) is 0 Å². The average Bonchev–Trinajstić information content (AvgIpc) is 2.51. The molecule has 0 saturated heterocycles. The predicted octanol–water partition coefficient (Wildman–Crippen LogP) is 2.36. The molecular formula is C10H12ClNO. The monoisotopic (exact) mass is 197 g/mol. The first-order chi connectivity index (χ1) is 5.90. The van der Waals surface area contributed by atoms with Crippen LogP contribution in [0.2, 0.25) is 0 Å². The van der Waals surface area contributed by atoms with Crippen molar-refractivity contribution in [2.75, 3.05) is 6.54 Å². The molecule has 0 radical (unpaired) electrons. The van der Waals surface area contributed by atoms with E-state index in [1.807, 2.05) is 12.1 Å². The Hall–Kier alpha value is -0.990. The molecule has 0 bridgehead atoms. The molecule has 2 aromatic rings. The van der Waals surface area contributed by atoms with Gasteiger partial charge in [-0.05, 0) is 36.7 Å². The van der Waals surface area contributed by atoms with E-state index < -0.39 is 0 Å². The van der Waals surface area contributed by atoms with E-state index in [0.717, 1.165) is 17.4 Å². The van der Waals surface area contributed by atoms with E-state index in [4.69, 9.17) is 10.2 Å². The number of halogens is 1. The summed E-state index contributed by atoms with van der Waals surface area (Å²) in [5.74, 6) is 0. The molecule has 0 atom stereocenters. The van der Waals surface area contributed by atoms with Gasteiger partial charge in [0.05, 0.1) is 6.26 Å². The second-order valence-electron chi connectivity index (χ2n) is 2.83. The summed E-state index contributed by atoms with van der Waals surface area (Å²) in [5, 5.41) is 1.15.